The van der Waals surface area contributed by atoms with Crippen molar-refractivity contribution in [3.63, 3.8) is 0 Å². The van der Waals surface area contributed by atoms with Crippen LogP contribution in [0.1, 0.15) is 39.0 Å². The summed E-state index contributed by atoms with van der Waals surface area (Å²) in [6.07, 6.45) is -13.7. The zero-order chi connectivity index (χ0) is 25.2. The summed E-state index contributed by atoms with van der Waals surface area (Å²) in [5, 5.41) is -5.46. The lowest BCUT2D eigenvalue weighted by atomic mass is 9.89. The third kappa shape index (κ3) is 6.63. The fraction of sp³-hybridized carbons (Fsp3) is 0.867. The minimum absolute atomic E-state index is 0.0397. The second kappa shape index (κ2) is 9.62. The SMILES string of the molecule is CC(OC(=O)C(OCC(F)(F)S(=O)(=O)O)(OC(=O)C1CCCCC1)C(F)(F)F)C(F)(F)F. The van der Waals surface area contributed by atoms with E-state index in [1.165, 1.54) is 0 Å². The maximum absolute atomic E-state index is 13.7. The van der Waals surface area contributed by atoms with E-state index in [2.05, 4.69) is 14.2 Å². The van der Waals surface area contributed by atoms with Gasteiger partial charge in [0.2, 0.25) is 0 Å². The minimum atomic E-state index is -6.39. The highest BCUT2D eigenvalue weighted by atomic mass is 32.2. The van der Waals surface area contributed by atoms with Crippen molar-refractivity contribution in [2.75, 3.05) is 6.61 Å². The number of hydrogen-bond donors (Lipinski definition) is 1. The Morgan fingerprint density at radius 1 is 1.00 bits per heavy atom. The molecule has 0 aromatic rings. The number of carbonyl (C=O) groups is 2. The average Bonchev–Trinajstić information content (AvgIpc) is 2.62. The van der Waals surface area contributed by atoms with Crippen molar-refractivity contribution < 1.29 is 71.9 Å². The van der Waals surface area contributed by atoms with Crippen LogP contribution >= 0.6 is 0 Å². The number of ether oxygens (including phenoxy) is 3. The second-order valence-corrected chi connectivity index (χ2v) is 8.41. The fourth-order valence-corrected chi connectivity index (χ4v) is 2.72. The fourth-order valence-electron chi connectivity index (χ4n) is 2.51. The first-order valence-corrected chi connectivity index (χ1v) is 10.2. The van der Waals surface area contributed by atoms with Crippen molar-refractivity contribution in [1.82, 2.24) is 0 Å². The van der Waals surface area contributed by atoms with E-state index in [9.17, 15) is 53.1 Å². The predicted octanol–water partition coefficient (Wildman–Crippen LogP) is 3.36. The van der Waals surface area contributed by atoms with Crippen LogP contribution in [0.2, 0.25) is 0 Å². The van der Waals surface area contributed by atoms with Crippen molar-refractivity contribution in [3.05, 3.63) is 0 Å². The summed E-state index contributed by atoms with van der Waals surface area (Å²) in [5.41, 5.74) is 0. The molecule has 2 unspecified atom stereocenters. The van der Waals surface area contributed by atoms with Gasteiger partial charge in [0, 0.05) is 0 Å². The van der Waals surface area contributed by atoms with Gasteiger partial charge in [-0.05, 0) is 19.8 Å². The van der Waals surface area contributed by atoms with Gasteiger partial charge in [0.05, 0.1) is 5.92 Å². The van der Waals surface area contributed by atoms with Crippen LogP contribution in [0, 0.1) is 5.92 Å². The zero-order valence-corrected chi connectivity index (χ0v) is 17.0. The second-order valence-electron chi connectivity index (χ2n) is 6.86. The van der Waals surface area contributed by atoms with E-state index >= 15 is 0 Å². The monoisotopic (exact) mass is 510 g/mol. The van der Waals surface area contributed by atoms with Crippen molar-refractivity contribution in [1.29, 1.82) is 0 Å². The molecule has 17 heteroatoms. The molecule has 1 fully saturated rings. The van der Waals surface area contributed by atoms with E-state index in [-0.39, 0.29) is 19.8 Å². The van der Waals surface area contributed by atoms with E-state index < -0.39 is 64.1 Å². The van der Waals surface area contributed by atoms with Crippen LogP contribution in [0.3, 0.4) is 0 Å². The van der Waals surface area contributed by atoms with Crippen LogP contribution in [-0.4, -0.2) is 61.0 Å². The Morgan fingerprint density at radius 2 is 1.50 bits per heavy atom. The molecular weight excluding hydrogens is 492 g/mol. The molecule has 32 heavy (non-hydrogen) atoms. The molecule has 0 aliphatic heterocycles. The molecule has 1 N–H and O–H groups in total. The molecule has 0 amide bonds. The van der Waals surface area contributed by atoms with Gasteiger partial charge in [0.15, 0.2) is 6.10 Å². The van der Waals surface area contributed by atoms with Gasteiger partial charge in [-0.25, -0.2) is 4.79 Å². The third-order valence-corrected chi connectivity index (χ3v) is 5.26. The highest BCUT2D eigenvalue weighted by Gasteiger charge is 2.70. The molecule has 0 aromatic carbocycles. The van der Waals surface area contributed by atoms with E-state index in [0.29, 0.717) is 19.3 Å². The molecule has 0 bridgehead atoms. The Balaban J connectivity index is 3.40. The van der Waals surface area contributed by atoms with Gasteiger partial charge >= 0.3 is 45.5 Å². The number of hydrogen-bond acceptors (Lipinski definition) is 7. The van der Waals surface area contributed by atoms with Crippen LogP contribution in [0.15, 0.2) is 0 Å². The number of carbonyl (C=O) groups excluding carboxylic acids is 2. The summed E-state index contributed by atoms with van der Waals surface area (Å²) in [4.78, 5) is 24.2. The summed E-state index contributed by atoms with van der Waals surface area (Å²) in [6, 6.07) is 0. The molecule has 1 aliphatic rings. The molecular formula is C15H18F8O8S. The zero-order valence-electron chi connectivity index (χ0n) is 16.1. The molecule has 0 spiro atoms. The lowest BCUT2D eigenvalue weighted by molar-refractivity contribution is -0.365. The quantitative estimate of drug-likeness (QED) is 0.229. The highest BCUT2D eigenvalue weighted by Crippen LogP contribution is 2.40. The maximum atomic E-state index is 13.7. The van der Waals surface area contributed by atoms with Crippen molar-refractivity contribution in [2.45, 2.75) is 68.5 Å². The lowest BCUT2D eigenvalue weighted by Gasteiger charge is -2.35. The summed E-state index contributed by atoms with van der Waals surface area (Å²) in [7, 11) is -6.39. The van der Waals surface area contributed by atoms with Gasteiger partial charge in [-0.1, -0.05) is 19.3 Å². The molecule has 0 saturated heterocycles. The molecule has 188 valence electrons. The van der Waals surface area contributed by atoms with Gasteiger partial charge in [-0.15, -0.1) is 0 Å². The Labute approximate surface area is 175 Å². The molecule has 1 aliphatic carbocycles. The molecule has 8 nitrogen and oxygen atoms in total. The molecule has 0 heterocycles. The largest absolute Gasteiger partial charge is 0.468 e. The van der Waals surface area contributed by atoms with E-state index in [1.807, 2.05) is 0 Å². The van der Waals surface area contributed by atoms with Gasteiger partial charge in [0.1, 0.15) is 6.61 Å². The van der Waals surface area contributed by atoms with Crippen molar-refractivity contribution in [3.8, 4) is 0 Å². The normalized spacial score (nSPS) is 19.7. The first-order valence-electron chi connectivity index (χ1n) is 8.81. The topological polar surface area (TPSA) is 116 Å². The Morgan fingerprint density at radius 3 is 1.91 bits per heavy atom. The number of alkyl halides is 8. The smallest absolute Gasteiger partial charge is 0.448 e. The van der Waals surface area contributed by atoms with Crippen molar-refractivity contribution in [2.24, 2.45) is 5.92 Å². The van der Waals surface area contributed by atoms with Gasteiger partial charge < -0.3 is 14.2 Å². The van der Waals surface area contributed by atoms with E-state index in [1.54, 1.807) is 0 Å². The first kappa shape index (κ1) is 28.3. The summed E-state index contributed by atoms with van der Waals surface area (Å²) in [6.45, 7) is -2.83. The number of halogens is 8. The molecule has 0 aromatic heterocycles. The lowest BCUT2D eigenvalue weighted by Crippen LogP contribution is -2.61. The molecule has 2 atom stereocenters. The highest BCUT2D eigenvalue weighted by molar-refractivity contribution is 7.86. The Bertz CT molecular complexity index is 788. The van der Waals surface area contributed by atoms with E-state index in [4.69, 9.17) is 4.55 Å². The summed E-state index contributed by atoms with van der Waals surface area (Å²) < 4.78 is 147. The van der Waals surface area contributed by atoms with Gasteiger partial charge in [-0.3, -0.25) is 9.35 Å². The van der Waals surface area contributed by atoms with Crippen LogP contribution in [0.25, 0.3) is 0 Å². The standard InChI is InChI=1S/C15H18F8O8S/c1-8(14(18,19)20)30-11(25)13(15(21,22)23,29-7-12(16,17)32(26,27)28)31-10(24)9-5-3-2-4-6-9/h8-9H,2-7H2,1H3,(H,26,27,28). The maximum Gasteiger partial charge on any atom is 0.468 e. The van der Waals surface area contributed by atoms with Crippen LogP contribution < -0.4 is 0 Å². The van der Waals surface area contributed by atoms with Crippen molar-refractivity contribution >= 4 is 22.1 Å². The summed E-state index contributed by atoms with van der Waals surface area (Å²) >= 11 is 0. The molecule has 0 radical (unpaired) electrons. The Kier molecular flexibility index (Phi) is 8.51. The van der Waals surface area contributed by atoms with Gasteiger partial charge in [0.25, 0.3) is 0 Å². The first-order chi connectivity index (χ1) is 14.2. The molecule has 1 rings (SSSR count). The van der Waals surface area contributed by atoms with Crippen LogP contribution in [0.5, 0.6) is 0 Å². The van der Waals surface area contributed by atoms with Gasteiger partial charge in [-0.2, -0.15) is 43.5 Å². The number of esters is 2. The number of rotatable bonds is 8. The average molecular weight is 510 g/mol. The van der Waals surface area contributed by atoms with Crippen LogP contribution in [0.4, 0.5) is 35.1 Å². The third-order valence-electron chi connectivity index (χ3n) is 4.39. The van der Waals surface area contributed by atoms with Crippen LogP contribution in [-0.2, 0) is 33.9 Å². The Hall–Kier alpha value is -1.75. The van der Waals surface area contributed by atoms with E-state index in [0.717, 1.165) is 0 Å². The minimum Gasteiger partial charge on any atom is -0.448 e. The molecule has 1 saturated carbocycles. The predicted molar refractivity (Wildman–Crippen MR) is 85.5 cm³/mol. The summed E-state index contributed by atoms with van der Waals surface area (Å²) in [5.74, 6) is -11.3.